The Morgan fingerprint density at radius 1 is 1.18 bits per heavy atom. The van der Waals surface area contributed by atoms with Gasteiger partial charge in [-0.15, -0.1) is 5.10 Å². The molecule has 0 saturated carbocycles. The molecule has 0 unspecified atom stereocenters. The van der Waals surface area contributed by atoms with Crippen LogP contribution in [0.2, 0.25) is 5.02 Å². The summed E-state index contributed by atoms with van der Waals surface area (Å²) in [6.45, 7) is 3.44. The lowest BCUT2D eigenvalue weighted by atomic mass is 10.2. The fourth-order valence-electron chi connectivity index (χ4n) is 2.41. The monoisotopic (exact) mass is 401 g/mol. The maximum Gasteiger partial charge on any atom is 0.271 e. The van der Waals surface area contributed by atoms with E-state index in [0.717, 1.165) is 10.2 Å². The first kappa shape index (κ1) is 19.6. The highest BCUT2D eigenvalue weighted by Gasteiger charge is 2.17. The highest BCUT2D eigenvalue weighted by Crippen LogP contribution is 2.23. The second-order valence-corrected chi connectivity index (χ2v) is 6.54. The molecule has 0 fully saturated rings. The Morgan fingerprint density at radius 2 is 1.89 bits per heavy atom. The van der Waals surface area contributed by atoms with Crippen LogP contribution in [-0.4, -0.2) is 21.8 Å². The van der Waals surface area contributed by atoms with Crippen LogP contribution in [0.3, 0.4) is 0 Å². The highest BCUT2D eigenvalue weighted by molar-refractivity contribution is 6.33. The van der Waals surface area contributed by atoms with Crippen molar-refractivity contribution in [3.8, 4) is 11.6 Å². The molecule has 0 saturated heterocycles. The van der Waals surface area contributed by atoms with Crippen molar-refractivity contribution < 1.29 is 13.9 Å². The van der Waals surface area contributed by atoms with Crippen molar-refractivity contribution in [1.82, 2.24) is 9.78 Å². The normalized spacial score (nSPS) is 11.7. The summed E-state index contributed by atoms with van der Waals surface area (Å²) in [7, 11) is 0. The van der Waals surface area contributed by atoms with Crippen molar-refractivity contribution in [2.45, 2.75) is 20.0 Å². The number of aryl methyl sites for hydroxylation is 1. The average molecular weight is 402 g/mol. The van der Waals surface area contributed by atoms with Crippen molar-refractivity contribution in [3.05, 3.63) is 81.4 Å². The second kappa shape index (κ2) is 8.22. The van der Waals surface area contributed by atoms with E-state index in [1.165, 1.54) is 36.4 Å². The average Bonchev–Trinajstić information content (AvgIpc) is 2.66. The summed E-state index contributed by atoms with van der Waals surface area (Å²) in [6.07, 6.45) is -0.899. The van der Waals surface area contributed by atoms with Gasteiger partial charge in [-0.2, -0.15) is 4.68 Å². The molecule has 144 valence electrons. The van der Waals surface area contributed by atoms with Crippen LogP contribution in [0.4, 0.5) is 10.1 Å². The van der Waals surface area contributed by atoms with Crippen LogP contribution < -0.4 is 15.6 Å². The molecular formula is C20H17ClFN3O3. The Kier molecular flexibility index (Phi) is 5.75. The smallest absolute Gasteiger partial charge is 0.271 e. The van der Waals surface area contributed by atoms with Gasteiger partial charge in [-0.05, 0) is 55.8 Å². The topological polar surface area (TPSA) is 73.2 Å². The minimum Gasteiger partial charge on any atom is -0.463 e. The Labute approximate surface area is 165 Å². The molecule has 0 bridgehead atoms. The molecule has 0 aliphatic carbocycles. The number of halogens is 2. The number of nitrogens with one attached hydrogen (secondary N) is 1. The molecule has 0 aliphatic rings. The van der Waals surface area contributed by atoms with E-state index in [2.05, 4.69) is 10.4 Å². The molecule has 2 aromatic carbocycles. The number of rotatable bonds is 5. The van der Waals surface area contributed by atoms with Crippen molar-refractivity contribution in [3.63, 3.8) is 0 Å². The quantitative estimate of drug-likeness (QED) is 0.706. The summed E-state index contributed by atoms with van der Waals surface area (Å²) in [5.41, 5.74) is 1.40. The van der Waals surface area contributed by atoms with Gasteiger partial charge in [0.1, 0.15) is 5.82 Å². The molecule has 1 aromatic heterocycles. The molecule has 28 heavy (non-hydrogen) atoms. The molecule has 1 amide bonds. The van der Waals surface area contributed by atoms with E-state index in [-0.39, 0.29) is 5.88 Å². The van der Waals surface area contributed by atoms with Gasteiger partial charge in [0.05, 0.1) is 16.4 Å². The molecule has 1 N–H and O–H groups in total. The van der Waals surface area contributed by atoms with Crippen molar-refractivity contribution in [2.24, 2.45) is 0 Å². The third-order valence-electron chi connectivity index (χ3n) is 3.90. The van der Waals surface area contributed by atoms with Gasteiger partial charge in [-0.3, -0.25) is 9.59 Å². The van der Waals surface area contributed by atoms with Crippen molar-refractivity contribution >= 4 is 23.2 Å². The Morgan fingerprint density at radius 3 is 2.57 bits per heavy atom. The van der Waals surface area contributed by atoms with E-state index >= 15 is 0 Å². The number of aromatic nitrogens is 2. The highest BCUT2D eigenvalue weighted by atomic mass is 35.5. The zero-order valence-electron chi connectivity index (χ0n) is 15.1. The zero-order valence-corrected chi connectivity index (χ0v) is 15.9. The lowest BCUT2D eigenvalue weighted by Crippen LogP contribution is -2.31. The van der Waals surface area contributed by atoms with Crippen LogP contribution in [0.25, 0.3) is 5.69 Å². The molecule has 1 heterocycles. The molecule has 3 rings (SSSR count). The summed E-state index contributed by atoms with van der Waals surface area (Å²) in [5, 5.41) is 7.19. The number of anilines is 1. The minimum atomic E-state index is -0.899. The maximum absolute atomic E-state index is 13.1. The summed E-state index contributed by atoms with van der Waals surface area (Å²) >= 11 is 6.12. The predicted octanol–water partition coefficient (Wildman–Crippen LogP) is 3.74. The van der Waals surface area contributed by atoms with Crippen LogP contribution in [0.5, 0.6) is 5.88 Å². The largest absolute Gasteiger partial charge is 0.463 e. The minimum absolute atomic E-state index is 0.0709. The lowest BCUT2D eigenvalue weighted by molar-refractivity contribution is -0.122. The van der Waals surface area contributed by atoms with Crippen LogP contribution in [-0.2, 0) is 4.79 Å². The molecule has 8 heteroatoms. The van der Waals surface area contributed by atoms with Crippen LogP contribution >= 0.6 is 11.6 Å². The third kappa shape index (κ3) is 4.55. The predicted molar refractivity (Wildman–Crippen MR) is 105 cm³/mol. The van der Waals surface area contributed by atoms with Gasteiger partial charge in [0.15, 0.2) is 6.10 Å². The first-order valence-electron chi connectivity index (χ1n) is 8.43. The lowest BCUT2D eigenvalue weighted by Gasteiger charge is -2.15. The molecule has 3 aromatic rings. The summed E-state index contributed by atoms with van der Waals surface area (Å²) in [4.78, 5) is 24.4. The van der Waals surface area contributed by atoms with Gasteiger partial charge in [0.25, 0.3) is 11.5 Å². The Hall–Kier alpha value is -3.19. The second-order valence-electron chi connectivity index (χ2n) is 6.13. The van der Waals surface area contributed by atoms with E-state index < -0.39 is 23.4 Å². The number of hydrogen-bond donors (Lipinski definition) is 1. The van der Waals surface area contributed by atoms with E-state index in [9.17, 15) is 14.0 Å². The van der Waals surface area contributed by atoms with Gasteiger partial charge in [-0.25, -0.2) is 4.39 Å². The van der Waals surface area contributed by atoms with Crippen LogP contribution in [0.1, 0.15) is 12.5 Å². The first-order chi connectivity index (χ1) is 13.3. The molecule has 1 atom stereocenters. The summed E-state index contributed by atoms with van der Waals surface area (Å²) in [5.74, 6) is -0.780. The first-order valence-corrected chi connectivity index (χ1v) is 8.81. The van der Waals surface area contributed by atoms with Gasteiger partial charge in [0, 0.05) is 12.1 Å². The number of carbonyl (C=O) groups is 1. The third-order valence-corrected chi connectivity index (χ3v) is 4.21. The number of benzene rings is 2. The Bertz CT molecular complexity index is 1070. The number of nitrogens with zero attached hydrogens (tertiary/aromatic N) is 2. The van der Waals surface area contributed by atoms with Crippen molar-refractivity contribution in [2.75, 3.05) is 5.32 Å². The molecular weight excluding hydrogens is 385 g/mol. The standard InChI is InChI=1S/C20H17ClFN3O3/c1-12-3-8-17(16(21)11-12)23-20(27)13(2)28-18-9-10-19(26)25(24-18)15-6-4-14(22)5-7-15/h3-11,13H,1-2H3,(H,23,27)/t13-/m1/s1. The van der Waals surface area contributed by atoms with E-state index in [1.807, 2.05) is 13.0 Å². The van der Waals surface area contributed by atoms with Crippen LogP contribution in [0, 0.1) is 12.7 Å². The van der Waals surface area contributed by atoms with Crippen molar-refractivity contribution in [1.29, 1.82) is 0 Å². The van der Waals surface area contributed by atoms with Gasteiger partial charge in [0.2, 0.25) is 5.88 Å². The van der Waals surface area contributed by atoms with Crippen LogP contribution in [0.15, 0.2) is 59.4 Å². The number of carbonyl (C=O) groups excluding carboxylic acids is 1. The molecule has 6 nitrogen and oxygen atoms in total. The molecule has 0 radical (unpaired) electrons. The van der Waals surface area contributed by atoms with Gasteiger partial charge in [-0.1, -0.05) is 17.7 Å². The number of amides is 1. The SMILES string of the molecule is Cc1ccc(NC(=O)[C@@H](C)Oc2ccc(=O)n(-c3ccc(F)cc3)n2)c(Cl)c1. The maximum atomic E-state index is 13.1. The van der Waals surface area contributed by atoms with E-state index in [1.54, 1.807) is 19.1 Å². The van der Waals surface area contributed by atoms with Gasteiger partial charge < -0.3 is 10.1 Å². The Balaban J connectivity index is 1.75. The fourth-order valence-corrected chi connectivity index (χ4v) is 2.70. The molecule has 0 spiro atoms. The number of hydrogen-bond acceptors (Lipinski definition) is 4. The summed E-state index contributed by atoms with van der Waals surface area (Å²) in [6, 6.07) is 13.2. The molecule has 0 aliphatic heterocycles. The zero-order chi connectivity index (χ0) is 20.3. The fraction of sp³-hybridized carbons (Fsp3) is 0.150. The number of ether oxygens (including phenoxy) is 1. The van der Waals surface area contributed by atoms with E-state index in [4.69, 9.17) is 16.3 Å². The van der Waals surface area contributed by atoms with E-state index in [0.29, 0.717) is 16.4 Å². The summed E-state index contributed by atoms with van der Waals surface area (Å²) < 4.78 is 19.7. The van der Waals surface area contributed by atoms with Gasteiger partial charge >= 0.3 is 0 Å².